The van der Waals surface area contributed by atoms with Gasteiger partial charge in [-0.25, -0.2) is 9.67 Å². The Morgan fingerprint density at radius 3 is 2.11 bits per heavy atom. The number of halogens is 6. The minimum Gasteiger partial charge on any atom is -0.384 e. The molecule has 3 aliphatic rings. The van der Waals surface area contributed by atoms with Gasteiger partial charge < -0.3 is 30.9 Å². The van der Waals surface area contributed by atoms with Gasteiger partial charge in [0.05, 0.1) is 17.9 Å². The average molecular weight is 816 g/mol. The van der Waals surface area contributed by atoms with Crippen LogP contribution in [0.3, 0.4) is 0 Å². The van der Waals surface area contributed by atoms with Crippen LogP contribution in [0.1, 0.15) is 99.3 Å². The number of likely N-dealkylation sites (tertiary alicyclic amines) is 1. The summed E-state index contributed by atoms with van der Waals surface area (Å²) in [4.78, 5) is 72.7. The molecule has 5 rings (SSSR count). The second-order valence-corrected chi connectivity index (χ2v) is 15.2. The van der Waals surface area contributed by atoms with Crippen LogP contribution in [-0.2, 0) is 35.1 Å². The highest BCUT2D eigenvalue weighted by Crippen LogP contribution is 2.50. The zero-order valence-corrected chi connectivity index (χ0v) is 31.0. The number of ketones is 1. The first-order chi connectivity index (χ1) is 26.5. The van der Waals surface area contributed by atoms with Crippen LogP contribution in [0, 0.1) is 5.92 Å². The topological polar surface area (TPSA) is 219 Å². The highest BCUT2D eigenvalue weighted by molar-refractivity contribution is 6.41. The Morgan fingerprint density at radius 1 is 0.965 bits per heavy atom. The van der Waals surface area contributed by atoms with Crippen molar-refractivity contribution < 1.29 is 65.3 Å². The molecule has 21 heteroatoms. The third kappa shape index (κ3) is 8.89. The number of aliphatic imine (C=N–C) groups is 1. The number of ether oxygens (including phenoxy) is 1. The number of hydrogen-bond acceptors (Lipinski definition) is 10. The van der Waals surface area contributed by atoms with Crippen molar-refractivity contribution in [1.29, 1.82) is 0 Å². The van der Waals surface area contributed by atoms with Crippen LogP contribution in [0.5, 0.6) is 0 Å². The van der Waals surface area contributed by atoms with Crippen molar-refractivity contribution in [1.82, 2.24) is 25.2 Å². The number of alkyl halides is 6. The summed E-state index contributed by atoms with van der Waals surface area (Å²) in [5.74, 6) is -5.52. The lowest BCUT2D eigenvalue weighted by atomic mass is 9.84. The second-order valence-electron chi connectivity index (χ2n) is 15.2. The fraction of sp³-hybridized carbons (Fsp3) is 0.611. The molecule has 3 heterocycles. The van der Waals surface area contributed by atoms with E-state index in [9.17, 15) is 60.5 Å². The van der Waals surface area contributed by atoms with Crippen LogP contribution in [0.4, 0.5) is 26.3 Å². The van der Waals surface area contributed by atoms with E-state index >= 15 is 0 Å². The summed E-state index contributed by atoms with van der Waals surface area (Å²) in [5.41, 5.74) is -5.37. The Morgan fingerprint density at radius 2 is 1.56 bits per heavy atom. The number of hydrogen-bond donors (Lipinski definition) is 4. The predicted octanol–water partition coefficient (Wildman–Crippen LogP) is 2.93. The molecule has 15 nitrogen and oxygen atoms in total. The van der Waals surface area contributed by atoms with Crippen molar-refractivity contribution in [3.8, 4) is 0 Å². The fourth-order valence-electron chi connectivity index (χ4n) is 7.64. The molecule has 312 valence electrons. The molecule has 2 aliphatic heterocycles. The molecule has 2 atom stereocenters. The summed E-state index contributed by atoms with van der Waals surface area (Å²) in [6, 6.07) is -0.409. The van der Waals surface area contributed by atoms with Crippen molar-refractivity contribution in [3.05, 3.63) is 47.3 Å². The molecular formula is C36H43F6N7O8. The number of primary amides is 1. The zero-order valence-electron chi connectivity index (χ0n) is 31.0. The Balaban J connectivity index is 1.54. The monoisotopic (exact) mass is 815 g/mol. The van der Waals surface area contributed by atoms with E-state index < -0.39 is 81.7 Å². The summed E-state index contributed by atoms with van der Waals surface area (Å²) in [5, 5.41) is 31.2. The lowest BCUT2D eigenvalue weighted by Gasteiger charge is -2.37. The van der Waals surface area contributed by atoms with Gasteiger partial charge in [0.1, 0.15) is 22.9 Å². The summed E-state index contributed by atoms with van der Waals surface area (Å²) < 4.78 is 87.7. The van der Waals surface area contributed by atoms with E-state index in [1.165, 1.54) is 24.7 Å². The van der Waals surface area contributed by atoms with Gasteiger partial charge in [0.15, 0.2) is 0 Å². The number of nitrogens with zero attached hydrogens (tertiary/aromatic N) is 5. The SMILES string of the molecule is CC(C)(O)c1cnnn1[C@H]1C[C@@H](C(=O)NC2(C(=O)C(N)=O)CCOCC2)N(C(=O)C(CC2CCCCC2)=NC(=O)c2ccc(C(O)(C(F)(F)F)C(F)(F)F)cc2)C1. The lowest BCUT2D eigenvalue weighted by Crippen LogP contribution is -2.63. The summed E-state index contributed by atoms with van der Waals surface area (Å²) >= 11 is 0. The molecule has 1 aromatic carbocycles. The van der Waals surface area contributed by atoms with Gasteiger partial charge in [-0.05, 0) is 38.3 Å². The third-order valence-electron chi connectivity index (χ3n) is 10.8. The third-order valence-corrected chi connectivity index (χ3v) is 10.8. The maximum atomic E-state index is 14.6. The van der Waals surface area contributed by atoms with E-state index in [4.69, 9.17) is 10.5 Å². The van der Waals surface area contributed by atoms with Gasteiger partial charge in [0, 0.05) is 50.1 Å². The molecule has 5 N–H and O–H groups in total. The van der Waals surface area contributed by atoms with Gasteiger partial charge in [0.2, 0.25) is 11.7 Å². The van der Waals surface area contributed by atoms with E-state index in [1.54, 1.807) is 0 Å². The fourth-order valence-corrected chi connectivity index (χ4v) is 7.64. The van der Waals surface area contributed by atoms with Gasteiger partial charge in [-0.3, -0.25) is 24.0 Å². The molecule has 1 aromatic heterocycles. The first-order valence-corrected chi connectivity index (χ1v) is 18.3. The first kappa shape index (κ1) is 43.4. The van der Waals surface area contributed by atoms with Crippen molar-refractivity contribution in [2.45, 2.75) is 113 Å². The number of rotatable bonds is 11. The van der Waals surface area contributed by atoms with Crippen LogP contribution < -0.4 is 11.1 Å². The molecule has 4 amide bonds. The van der Waals surface area contributed by atoms with Gasteiger partial charge in [-0.1, -0.05) is 49.5 Å². The van der Waals surface area contributed by atoms with Gasteiger partial charge >= 0.3 is 12.4 Å². The second kappa shape index (κ2) is 16.2. The van der Waals surface area contributed by atoms with E-state index in [1.807, 2.05) is 0 Å². The van der Waals surface area contributed by atoms with Crippen molar-refractivity contribution in [3.63, 3.8) is 0 Å². The van der Waals surface area contributed by atoms with Gasteiger partial charge in [0.25, 0.3) is 23.3 Å². The predicted molar refractivity (Wildman–Crippen MR) is 185 cm³/mol. The standard InChI is InChI=1S/C36H43F6N7O8/c1-32(2,55)26-18-44-47-49(26)23-17-25(30(53)46-33(27(50)28(43)51)12-14-57-15-13-33)48(19-23)31(54)24(16-20-6-4-3-5-7-20)45-29(52)21-8-10-22(11-9-21)34(56,35(37,38)39)36(40,41)42/h8-11,18,20,23,25,55-56H,3-7,12-17,19H2,1-2H3,(H2,43,51)(H,46,53)/t23-,25-/m0/s1. The number of nitrogens with one attached hydrogen (secondary N) is 1. The summed E-state index contributed by atoms with van der Waals surface area (Å²) in [6.45, 7) is 2.67. The van der Waals surface area contributed by atoms with Crippen molar-refractivity contribution in [2.75, 3.05) is 19.8 Å². The zero-order chi connectivity index (χ0) is 42.1. The molecule has 0 bridgehead atoms. The Hall–Kier alpha value is -4.76. The van der Waals surface area contributed by atoms with Crippen LogP contribution in [0.25, 0.3) is 0 Å². The number of aromatic nitrogens is 3. The normalized spacial score (nSPS) is 21.3. The number of benzene rings is 1. The molecule has 2 saturated heterocycles. The summed E-state index contributed by atoms with van der Waals surface area (Å²) in [7, 11) is 0. The molecule has 0 unspecified atom stereocenters. The van der Waals surface area contributed by atoms with Crippen LogP contribution in [0.15, 0.2) is 35.5 Å². The molecule has 0 spiro atoms. The van der Waals surface area contributed by atoms with Gasteiger partial charge in [-0.2, -0.15) is 26.3 Å². The Kier molecular flexibility index (Phi) is 12.4. The number of Topliss-reactive ketones (excluding diaryl/α,β-unsaturated/α-hetero) is 1. The smallest absolute Gasteiger partial charge is 0.384 e. The number of carbonyl (C=O) groups excluding carboxylic acids is 5. The molecule has 2 aromatic rings. The molecule has 57 heavy (non-hydrogen) atoms. The molecule has 3 fully saturated rings. The first-order valence-electron chi connectivity index (χ1n) is 18.3. The number of nitrogens with two attached hydrogens (primary N) is 1. The molecule has 1 aliphatic carbocycles. The van der Waals surface area contributed by atoms with Crippen molar-refractivity contribution >= 4 is 35.1 Å². The van der Waals surface area contributed by atoms with E-state index in [2.05, 4.69) is 20.6 Å². The highest BCUT2D eigenvalue weighted by Gasteiger charge is 2.71. The molecule has 0 radical (unpaired) electrons. The molecular weight excluding hydrogens is 772 g/mol. The minimum absolute atomic E-state index is 0.00385. The van der Waals surface area contributed by atoms with E-state index in [0.717, 1.165) is 24.2 Å². The maximum absolute atomic E-state index is 14.6. The van der Waals surface area contributed by atoms with E-state index in [-0.39, 0.29) is 74.9 Å². The minimum atomic E-state index is -6.16. The quantitative estimate of drug-likeness (QED) is 0.148. The van der Waals surface area contributed by atoms with Gasteiger partial charge in [-0.15, -0.1) is 5.10 Å². The number of carbonyl (C=O) groups is 5. The van der Waals surface area contributed by atoms with E-state index in [0.29, 0.717) is 25.0 Å². The highest BCUT2D eigenvalue weighted by atomic mass is 19.4. The van der Waals surface area contributed by atoms with Crippen LogP contribution in [0.2, 0.25) is 0 Å². The number of amides is 4. The Labute approximate surface area is 322 Å². The average Bonchev–Trinajstić information content (AvgIpc) is 3.82. The lowest BCUT2D eigenvalue weighted by molar-refractivity contribution is -0.376. The van der Waals surface area contributed by atoms with Crippen molar-refractivity contribution in [2.24, 2.45) is 16.6 Å². The van der Waals surface area contributed by atoms with Crippen LogP contribution in [-0.4, -0.2) is 109 Å². The van der Waals surface area contributed by atoms with Crippen LogP contribution >= 0.6 is 0 Å². The number of aliphatic hydroxyl groups is 2. The largest absolute Gasteiger partial charge is 0.430 e. The maximum Gasteiger partial charge on any atom is 0.430 e. The summed E-state index contributed by atoms with van der Waals surface area (Å²) in [6.07, 6.45) is -7.70. The Bertz CT molecular complexity index is 1860. The molecule has 1 saturated carbocycles.